The summed E-state index contributed by atoms with van der Waals surface area (Å²) in [6, 6.07) is 7.66. The normalized spacial score (nSPS) is 10.3. The Kier molecular flexibility index (Phi) is 11.7. The van der Waals surface area contributed by atoms with Crippen LogP contribution in [0.1, 0.15) is 71.6 Å². The van der Waals surface area contributed by atoms with Gasteiger partial charge in [-0.05, 0) is 37.2 Å². The van der Waals surface area contributed by atoms with Crippen LogP contribution in [0.25, 0.3) is 0 Å². The van der Waals surface area contributed by atoms with Gasteiger partial charge in [-0.25, -0.2) is 0 Å². The van der Waals surface area contributed by atoms with E-state index < -0.39 is 0 Å². The minimum atomic E-state index is -0.0306. The van der Waals surface area contributed by atoms with Gasteiger partial charge >= 0.3 is 0 Å². The van der Waals surface area contributed by atoms with Crippen molar-refractivity contribution in [1.29, 1.82) is 0 Å². The van der Waals surface area contributed by atoms with Crippen molar-refractivity contribution >= 4 is 28.9 Å². The van der Waals surface area contributed by atoms with Crippen LogP contribution in [0, 0.1) is 0 Å². The van der Waals surface area contributed by atoms with Crippen molar-refractivity contribution < 1.29 is 9.53 Å². The standard InChI is InChI=1S/C20H32N2O2S/c1-3-5-7-9-14-19(23)22-20(25)21-17-12-11-13-18(16-17)24-15-10-8-6-4-2/h11-13,16H,3-10,14-15H2,1-2H3,(H2,21,22,23,25). The third-order valence-corrected chi connectivity index (χ3v) is 4.07. The molecule has 0 atom stereocenters. The number of thiocarbonyl (C=S) groups is 1. The van der Waals surface area contributed by atoms with Crippen LogP contribution >= 0.6 is 12.2 Å². The van der Waals surface area contributed by atoms with Crippen LogP contribution in [0.15, 0.2) is 24.3 Å². The highest BCUT2D eigenvalue weighted by Gasteiger charge is 2.05. The monoisotopic (exact) mass is 364 g/mol. The highest BCUT2D eigenvalue weighted by Crippen LogP contribution is 2.18. The molecule has 0 heterocycles. The Morgan fingerprint density at radius 2 is 1.76 bits per heavy atom. The van der Waals surface area contributed by atoms with Crippen molar-refractivity contribution in [2.75, 3.05) is 11.9 Å². The lowest BCUT2D eigenvalue weighted by atomic mass is 10.1. The van der Waals surface area contributed by atoms with Crippen LogP contribution < -0.4 is 15.4 Å². The lowest BCUT2D eigenvalue weighted by Gasteiger charge is -2.11. The number of carbonyl (C=O) groups is 1. The van der Waals surface area contributed by atoms with E-state index in [1.165, 1.54) is 32.1 Å². The second-order valence-corrected chi connectivity index (χ2v) is 6.66. The molecule has 4 nitrogen and oxygen atoms in total. The average molecular weight is 365 g/mol. The Balaban J connectivity index is 2.31. The molecule has 1 rings (SSSR count). The molecule has 140 valence electrons. The number of hydrogen-bond acceptors (Lipinski definition) is 3. The fraction of sp³-hybridized carbons (Fsp3) is 0.600. The van der Waals surface area contributed by atoms with E-state index in [0.717, 1.165) is 37.3 Å². The summed E-state index contributed by atoms with van der Waals surface area (Å²) in [7, 11) is 0. The molecule has 0 bridgehead atoms. The lowest BCUT2D eigenvalue weighted by molar-refractivity contribution is -0.119. The van der Waals surface area contributed by atoms with Gasteiger partial charge in [0.15, 0.2) is 5.11 Å². The van der Waals surface area contributed by atoms with E-state index in [0.29, 0.717) is 11.5 Å². The fourth-order valence-corrected chi connectivity index (χ4v) is 2.68. The summed E-state index contributed by atoms with van der Waals surface area (Å²) >= 11 is 5.21. The molecular weight excluding hydrogens is 332 g/mol. The van der Waals surface area contributed by atoms with E-state index in [-0.39, 0.29) is 5.91 Å². The molecule has 1 aromatic carbocycles. The molecule has 0 aliphatic heterocycles. The summed E-state index contributed by atoms with van der Waals surface area (Å²) in [5.74, 6) is 0.784. The van der Waals surface area contributed by atoms with E-state index in [4.69, 9.17) is 17.0 Å². The quantitative estimate of drug-likeness (QED) is 0.383. The molecule has 0 aliphatic rings. The van der Waals surface area contributed by atoms with Gasteiger partial charge in [0.1, 0.15) is 5.75 Å². The number of ether oxygens (including phenoxy) is 1. The Morgan fingerprint density at radius 3 is 2.48 bits per heavy atom. The predicted octanol–water partition coefficient (Wildman–Crippen LogP) is 5.43. The third-order valence-electron chi connectivity index (χ3n) is 3.87. The van der Waals surface area contributed by atoms with Gasteiger partial charge in [-0.3, -0.25) is 4.79 Å². The summed E-state index contributed by atoms with van der Waals surface area (Å²) in [4.78, 5) is 11.8. The van der Waals surface area contributed by atoms with Crippen molar-refractivity contribution in [3.8, 4) is 5.75 Å². The fourth-order valence-electron chi connectivity index (χ4n) is 2.45. The number of carbonyl (C=O) groups excluding carboxylic acids is 1. The number of rotatable bonds is 12. The highest BCUT2D eigenvalue weighted by molar-refractivity contribution is 7.80. The Labute approximate surface area is 157 Å². The molecule has 0 radical (unpaired) electrons. The van der Waals surface area contributed by atoms with Crippen LogP contribution in [0.3, 0.4) is 0 Å². The maximum atomic E-state index is 11.8. The summed E-state index contributed by atoms with van der Waals surface area (Å²) in [5.41, 5.74) is 0.822. The van der Waals surface area contributed by atoms with Crippen molar-refractivity contribution in [3.63, 3.8) is 0 Å². The van der Waals surface area contributed by atoms with E-state index >= 15 is 0 Å². The van der Waals surface area contributed by atoms with E-state index in [9.17, 15) is 4.79 Å². The summed E-state index contributed by atoms with van der Waals surface area (Å²) in [6.07, 6.45) is 9.58. The highest BCUT2D eigenvalue weighted by atomic mass is 32.1. The summed E-state index contributed by atoms with van der Waals surface area (Å²) in [5, 5.41) is 6.11. The van der Waals surface area contributed by atoms with Crippen LogP contribution in [0.2, 0.25) is 0 Å². The predicted molar refractivity (Wildman–Crippen MR) is 109 cm³/mol. The van der Waals surface area contributed by atoms with Gasteiger partial charge in [0.25, 0.3) is 0 Å². The lowest BCUT2D eigenvalue weighted by Crippen LogP contribution is -2.33. The van der Waals surface area contributed by atoms with Gasteiger partial charge in [-0.15, -0.1) is 0 Å². The first-order valence-corrected chi connectivity index (χ1v) is 9.90. The van der Waals surface area contributed by atoms with Gasteiger partial charge in [0, 0.05) is 18.2 Å². The van der Waals surface area contributed by atoms with Gasteiger partial charge in [0.05, 0.1) is 6.61 Å². The van der Waals surface area contributed by atoms with E-state index in [1.807, 2.05) is 24.3 Å². The molecule has 1 amide bonds. The summed E-state index contributed by atoms with van der Waals surface area (Å²) in [6.45, 7) is 5.08. The molecule has 0 spiro atoms. The molecule has 5 heteroatoms. The first-order chi connectivity index (χ1) is 12.2. The van der Waals surface area contributed by atoms with Crippen LogP contribution in [0.5, 0.6) is 5.75 Å². The number of amides is 1. The first-order valence-electron chi connectivity index (χ1n) is 9.49. The van der Waals surface area contributed by atoms with Crippen molar-refractivity contribution in [1.82, 2.24) is 5.32 Å². The van der Waals surface area contributed by atoms with E-state index in [2.05, 4.69) is 24.5 Å². The SMILES string of the molecule is CCCCCCOc1cccc(NC(=S)NC(=O)CCCCCC)c1. The number of benzene rings is 1. The van der Waals surface area contributed by atoms with Crippen molar-refractivity contribution in [2.45, 2.75) is 71.6 Å². The minimum absolute atomic E-state index is 0.0306. The zero-order valence-electron chi connectivity index (χ0n) is 15.6. The molecule has 1 aromatic rings. The zero-order valence-corrected chi connectivity index (χ0v) is 16.4. The maximum absolute atomic E-state index is 11.8. The Bertz CT molecular complexity index is 520. The molecule has 0 aliphatic carbocycles. The first kappa shape index (κ1) is 21.4. The molecule has 0 saturated heterocycles. The van der Waals surface area contributed by atoms with Gasteiger partial charge < -0.3 is 15.4 Å². The van der Waals surface area contributed by atoms with Gasteiger partial charge in [-0.2, -0.15) is 0 Å². The summed E-state index contributed by atoms with van der Waals surface area (Å²) < 4.78 is 5.76. The van der Waals surface area contributed by atoms with Gasteiger partial charge in [-0.1, -0.05) is 58.4 Å². The maximum Gasteiger partial charge on any atom is 0.226 e. The molecule has 0 aromatic heterocycles. The topological polar surface area (TPSA) is 50.4 Å². The molecule has 25 heavy (non-hydrogen) atoms. The van der Waals surface area contributed by atoms with Crippen molar-refractivity contribution in [2.24, 2.45) is 0 Å². The second kappa shape index (κ2) is 13.6. The largest absolute Gasteiger partial charge is 0.494 e. The third kappa shape index (κ3) is 10.8. The number of unbranched alkanes of at least 4 members (excludes halogenated alkanes) is 6. The molecule has 0 unspecified atom stereocenters. The molecule has 0 saturated carbocycles. The molecule has 0 fully saturated rings. The van der Waals surface area contributed by atoms with Crippen LogP contribution in [-0.4, -0.2) is 17.6 Å². The number of nitrogens with one attached hydrogen (secondary N) is 2. The number of hydrogen-bond donors (Lipinski definition) is 2. The van der Waals surface area contributed by atoms with Crippen LogP contribution in [-0.2, 0) is 4.79 Å². The average Bonchev–Trinajstić information content (AvgIpc) is 2.59. The molecule has 2 N–H and O–H groups in total. The Morgan fingerprint density at radius 1 is 1.04 bits per heavy atom. The Hall–Kier alpha value is -1.62. The zero-order chi connectivity index (χ0) is 18.3. The van der Waals surface area contributed by atoms with Crippen molar-refractivity contribution in [3.05, 3.63) is 24.3 Å². The van der Waals surface area contributed by atoms with Gasteiger partial charge in [0.2, 0.25) is 5.91 Å². The molecular formula is C20H32N2O2S. The second-order valence-electron chi connectivity index (χ2n) is 6.25. The smallest absolute Gasteiger partial charge is 0.226 e. The number of anilines is 1. The van der Waals surface area contributed by atoms with Crippen LogP contribution in [0.4, 0.5) is 5.69 Å². The van der Waals surface area contributed by atoms with E-state index in [1.54, 1.807) is 0 Å². The minimum Gasteiger partial charge on any atom is -0.494 e.